The highest BCUT2D eigenvalue weighted by atomic mass is 79.9. The molecule has 0 bridgehead atoms. The van der Waals surface area contributed by atoms with E-state index in [0.717, 1.165) is 46.4 Å². The molecule has 4 rings (SSSR count). The Kier molecular flexibility index (Phi) is 4.63. The van der Waals surface area contributed by atoms with Crippen LogP contribution in [0.25, 0.3) is 11.0 Å². The number of carbonyl (C=O) groups is 1. The van der Waals surface area contributed by atoms with E-state index in [2.05, 4.69) is 49.1 Å². The monoisotopic (exact) mass is 428 g/mol. The van der Waals surface area contributed by atoms with Crippen molar-refractivity contribution in [1.82, 2.24) is 14.8 Å². The smallest absolute Gasteiger partial charge is 0.341 e. The van der Waals surface area contributed by atoms with Crippen LogP contribution in [0.5, 0.6) is 0 Å². The topological polar surface area (TPSA) is 60.2 Å². The first-order valence-electron chi connectivity index (χ1n) is 9.02. The highest BCUT2D eigenvalue weighted by molar-refractivity contribution is 9.10. The van der Waals surface area contributed by atoms with Gasteiger partial charge in [0.1, 0.15) is 5.56 Å². The number of benzene rings is 1. The van der Waals surface area contributed by atoms with Crippen LogP contribution >= 0.6 is 15.9 Å². The zero-order chi connectivity index (χ0) is 19.1. The molecule has 0 unspecified atom stereocenters. The maximum atomic E-state index is 12.7. The van der Waals surface area contributed by atoms with Crippen molar-refractivity contribution in [3.8, 4) is 0 Å². The maximum Gasteiger partial charge on any atom is 0.341 e. The average molecular weight is 429 g/mol. The molecule has 0 spiro atoms. The number of anilines is 1. The van der Waals surface area contributed by atoms with E-state index in [9.17, 15) is 4.79 Å². The lowest BCUT2D eigenvalue weighted by Crippen LogP contribution is -2.32. The molecule has 6 nitrogen and oxygen atoms in total. The lowest BCUT2D eigenvalue weighted by molar-refractivity contribution is 0.0526. The van der Waals surface area contributed by atoms with Gasteiger partial charge in [-0.25, -0.2) is 9.78 Å². The normalized spacial score (nSPS) is 13.7. The van der Waals surface area contributed by atoms with Gasteiger partial charge in [0.25, 0.3) is 0 Å². The van der Waals surface area contributed by atoms with Crippen molar-refractivity contribution >= 4 is 38.6 Å². The first-order valence-corrected chi connectivity index (χ1v) is 9.81. The molecule has 140 valence electrons. The van der Waals surface area contributed by atoms with E-state index < -0.39 is 0 Å². The molecule has 0 N–H and O–H groups in total. The molecule has 0 amide bonds. The summed E-state index contributed by atoms with van der Waals surface area (Å²) in [6.45, 7) is 5.64. The quantitative estimate of drug-likeness (QED) is 0.594. The van der Waals surface area contributed by atoms with Crippen LogP contribution in [-0.2, 0) is 24.8 Å². The lowest BCUT2D eigenvalue weighted by atomic mass is 9.98. The number of rotatable bonds is 3. The summed E-state index contributed by atoms with van der Waals surface area (Å²) >= 11 is 3.68. The largest absolute Gasteiger partial charge is 0.462 e. The number of carbonyl (C=O) groups excluding carboxylic acids is 1. The number of hydrogen-bond donors (Lipinski definition) is 0. The van der Waals surface area contributed by atoms with Gasteiger partial charge in [-0.2, -0.15) is 5.10 Å². The summed E-state index contributed by atoms with van der Waals surface area (Å²) in [4.78, 5) is 19.4. The van der Waals surface area contributed by atoms with Crippen molar-refractivity contribution in [2.75, 3.05) is 18.1 Å². The Morgan fingerprint density at radius 1 is 1.37 bits per heavy atom. The van der Waals surface area contributed by atoms with E-state index in [0.29, 0.717) is 12.2 Å². The molecule has 0 fully saturated rings. The minimum atomic E-state index is -0.344. The van der Waals surface area contributed by atoms with Crippen molar-refractivity contribution in [3.63, 3.8) is 0 Å². The fraction of sp³-hybridized carbons (Fsp3) is 0.350. The molecule has 27 heavy (non-hydrogen) atoms. The summed E-state index contributed by atoms with van der Waals surface area (Å²) in [5, 5.41) is 5.44. The van der Waals surface area contributed by atoms with Gasteiger partial charge in [0.05, 0.1) is 23.4 Å². The number of aromatic nitrogens is 3. The Morgan fingerprint density at radius 2 is 2.19 bits per heavy atom. The summed E-state index contributed by atoms with van der Waals surface area (Å²) in [6.07, 6.45) is 2.53. The molecule has 7 heteroatoms. The molecule has 0 saturated heterocycles. The Balaban J connectivity index is 1.90. The molecule has 2 aromatic heterocycles. The van der Waals surface area contributed by atoms with E-state index in [-0.39, 0.29) is 5.97 Å². The maximum absolute atomic E-state index is 12.7. The lowest BCUT2D eigenvalue weighted by Gasteiger charge is -2.33. The van der Waals surface area contributed by atoms with Crippen molar-refractivity contribution in [2.24, 2.45) is 7.05 Å². The molecular formula is C20H21BrN4O2. The Labute approximate surface area is 166 Å². The van der Waals surface area contributed by atoms with Gasteiger partial charge >= 0.3 is 5.97 Å². The van der Waals surface area contributed by atoms with Crippen LogP contribution in [0, 0.1) is 6.92 Å². The van der Waals surface area contributed by atoms with Crippen LogP contribution in [0.3, 0.4) is 0 Å². The summed E-state index contributed by atoms with van der Waals surface area (Å²) in [5.41, 5.74) is 5.59. The molecule has 0 atom stereocenters. The molecule has 3 aromatic rings. The summed E-state index contributed by atoms with van der Waals surface area (Å²) in [6, 6.07) is 6.30. The molecule has 0 aliphatic carbocycles. The molecule has 1 aliphatic rings. The van der Waals surface area contributed by atoms with Crippen LogP contribution in [-0.4, -0.2) is 33.9 Å². The number of pyridine rings is 1. The highest BCUT2D eigenvalue weighted by Gasteiger charge is 2.27. The van der Waals surface area contributed by atoms with Gasteiger partial charge in [-0.3, -0.25) is 4.68 Å². The Bertz CT molecular complexity index is 1040. The molecule has 1 aromatic carbocycles. The summed E-state index contributed by atoms with van der Waals surface area (Å²) in [7, 11) is 1.87. The second kappa shape index (κ2) is 6.96. The van der Waals surface area contributed by atoms with Gasteiger partial charge in [0.2, 0.25) is 0 Å². The zero-order valence-corrected chi connectivity index (χ0v) is 17.2. The average Bonchev–Trinajstić information content (AvgIpc) is 2.95. The minimum Gasteiger partial charge on any atom is -0.462 e. The summed E-state index contributed by atoms with van der Waals surface area (Å²) in [5.74, 6) is -0.344. The molecule has 0 saturated carbocycles. The number of ether oxygens (including phenoxy) is 1. The van der Waals surface area contributed by atoms with Gasteiger partial charge in [-0.1, -0.05) is 28.1 Å². The van der Waals surface area contributed by atoms with Crippen LogP contribution in [0.15, 0.2) is 28.9 Å². The second-order valence-electron chi connectivity index (χ2n) is 6.70. The third-order valence-electron chi connectivity index (χ3n) is 5.03. The van der Waals surface area contributed by atoms with Crippen molar-refractivity contribution in [3.05, 3.63) is 51.3 Å². The van der Waals surface area contributed by atoms with Crippen molar-refractivity contribution in [2.45, 2.75) is 26.8 Å². The standard InChI is InChI=1S/C20H21BrN4O2/c1-4-27-20(26)14-10-22-19-17(12(2)23-24(19)3)18(14)25-9-8-13-6-5-7-16(21)15(13)11-25/h5-7,10H,4,8-9,11H2,1-3H3. The summed E-state index contributed by atoms with van der Waals surface area (Å²) < 4.78 is 8.16. The highest BCUT2D eigenvalue weighted by Crippen LogP contribution is 2.36. The predicted octanol–water partition coefficient (Wildman–Crippen LogP) is 3.78. The number of hydrogen-bond acceptors (Lipinski definition) is 5. The second-order valence-corrected chi connectivity index (χ2v) is 7.55. The van der Waals surface area contributed by atoms with Crippen LogP contribution in [0.4, 0.5) is 5.69 Å². The van der Waals surface area contributed by atoms with E-state index >= 15 is 0 Å². The Morgan fingerprint density at radius 3 is 2.96 bits per heavy atom. The predicted molar refractivity (Wildman–Crippen MR) is 108 cm³/mol. The first-order chi connectivity index (χ1) is 13.0. The fourth-order valence-electron chi connectivity index (χ4n) is 3.81. The Hall–Kier alpha value is -2.41. The number of halogens is 1. The molecule has 0 radical (unpaired) electrons. The van der Waals surface area contributed by atoms with Crippen LogP contribution in [0.2, 0.25) is 0 Å². The fourth-order valence-corrected chi connectivity index (χ4v) is 4.34. The van der Waals surface area contributed by atoms with E-state index in [1.165, 1.54) is 11.1 Å². The van der Waals surface area contributed by atoms with Gasteiger partial charge < -0.3 is 9.64 Å². The van der Waals surface area contributed by atoms with E-state index in [4.69, 9.17) is 4.74 Å². The zero-order valence-electron chi connectivity index (χ0n) is 15.6. The third-order valence-corrected chi connectivity index (χ3v) is 5.77. The molecule has 1 aliphatic heterocycles. The molecular weight excluding hydrogens is 408 g/mol. The minimum absolute atomic E-state index is 0.330. The van der Waals surface area contributed by atoms with E-state index in [1.54, 1.807) is 10.9 Å². The van der Waals surface area contributed by atoms with Crippen LogP contribution < -0.4 is 4.90 Å². The van der Waals surface area contributed by atoms with Crippen molar-refractivity contribution < 1.29 is 9.53 Å². The van der Waals surface area contributed by atoms with Crippen LogP contribution in [0.1, 0.15) is 34.1 Å². The van der Waals surface area contributed by atoms with Gasteiger partial charge in [0.15, 0.2) is 5.65 Å². The van der Waals surface area contributed by atoms with E-state index in [1.807, 2.05) is 20.9 Å². The van der Waals surface area contributed by atoms with Gasteiger partial charge in [-0.15, -0.1) is 0 Å². The van der Waals surface area contributed by atoms with Crippen molar-refractivity contribution in [1.29, 1.82) is 0 Å². The molecule has 3 heterocycles. The third kappa shape index (κ3) is 3.00. The van der Waals surface area contributed by atoms with Gasteiger partial charge in [0, 0.05) is 30.8 Å². The SMILES string of the molecule is CCOC(=O)c1cnc2c(c(C)nn2C)c1N1CCc2cccc(Br)c2C1. The first kappa shape index (κ1) is 18.0. The van der Waals surface area contributed by atoms with Gasteiger partial charge in [-0.05, 0) is 37.5 Å². The number of nitrogens with zero attached hydrogens (tertiary/aromatic N) is 4. The number of esters is 1. The number of aryl methyl sites for hydroxylation is 2. The number of fused-ring (bicyclic) bond motifs is 2.